The number of aromatic nitrogens is 2. The molecule has 0 saturated heterocycles. The Labute approximate surface area is 180 Å². The molecule has 176 valence electrons. The number of halogens is 7. The molecule has 33 heavy (non-hydrogen) atoms. The number of nitriles is 1. The summed E-state index contributed by atoms with van der Waals surface area (Å²) in [5.74, 6) is -4.33. The monoisotopic (exact) mass is 478 g/mol. The highest BCUT2D eigenvalue weighted by molar-refractivity contribution is 5.96. The van der Waals surface area contributed by atoms with Gasteiger partial charge in [0, 0.05) is 30.8 Å². The number of benzene rings is 2. The van der Waals surface area contributed by atoms with Crippen molar-refractivity contribution in [2.45, 2.75) is 19.1 Å². The predicted octanol–water partition coefficient (Wildman–Crippen LogP) is 4.24. The summed E-state index contributed by atoms with van der Waals surface area (Å²) < 4.78 is 88.4. The number of ether oxygens (including phenoxy) is 1. The Morgan fingerprint density at radius 2 is 1.82 bits per heavy atom. The lowest BCUT2D eigenvalue weighted by Gasteiger charge is -2.12. The number of hydrogen-bond donors (Lipinski definition) is 2. The van der Waals surface area contributed by atoms with Crippen molar-refractivity contribution in [2.24, 2.45) is 12.8 Å². The van der Waals surface area contributed by atoms with E-state index in [0.717, 1.165) is 6.07 Å². The highest BCUT2D eigenvalue weighted by atomic mass is 19.4. The molecule has 1 heterocycles. The topological polar surface area (TPSA) is 114 Å². The minimum Gasteiger partial charge on any atom is -0.475 e. The fourth-order valence-electron chi connectivity index (χ4n) is 2.79. The maximum absolute atomic E-state index is 14.5. The van der Waals surface area contributed by atoms with Crippen molar-refractivity contribution in [2.75, 3.05) is 0 Å². The number of nitrogens with two attached hydrogens (primary N) is 1. The van der Waals surface area contributed by atoms with Crippen LogP contribution in [0.15, 0.2) is 30.6 Å². The standard InChI is InChI=1S/C17H12F4N4O.C2HF3O2/c1-25-8-24-15-12(4-9(6-22)13(7-23)16(15)25)11-3-2-10(5-14(11)18)26-17(19,20)21;3-2(4,5)1(6)7/h2-5,8H,6,22H2,1H3;(H,6,7). The van der Waals surface area contributed by atoms with E-state index < -0.39 is 30.1 Å². The molecule has 0 saturated carbocycles. The Kier molecular flexibility index (Phi) is 7.18. The summed E-state index contributed by atoms with van der Waals surface area (Å²) >= 11 is 0. The van der Waals surface area contributed by atoms with Crippen molar-refractivity contribution in [1.29, 1.82) is 5.26 Å². The largest absolute Gasteiger partial charge is 0.573 e. The fourth-order valence-corrected chi connectivity index (χ4v) is 2.79. The van der Waals surface area contributed by atoms with E-state index in [0.29, 0.717) is 33.8 Å². The zero-order valence-corrected chi connectivity index (χ0v) is 16.4. The molecule has 7 nitrogen and oxygen atoms in total. The van der Waals surface area contributed by atoms with Gasteiger partial charge in [-0.25, -0.2) is 14.2 Å². The molecule has 3 rings (SSSR count). The van der Waals surface area contributed by atoms with E-state index in [9.17, 15) is 36.0 Å². The van der Waals surface area contributed by atoms with Crippen LogP contribution in [0.25, 0.3) is 22.2 Å². The van der Waals surface area contributed by atoms with Crippen LogP contribution < -0.4 is 10.5 Å². The van der Waals surface area contributed by atoms with E-state index >= 15 is 0 Å². The first-order valence-corrected chi connectivity index (χ1v) is 8.62. The second-order valence-electron chi connectivity index (χ2n) is 6.32. The van der Waals surface area contributed by atoms with Crippen LogP contribution in [-0.4, -0.2) is 33.2 Å². The van der Waals surface area contributed by atoms with Crippen LogP contribution in [0.5, 0.6) is 5.75 Å². The molecule has 3 aromatic rings. The van der Waals surface area contributed by atoms with Crippen LogP contribution in [0.2, 0.25) is 0 Å². The number of fused-ring (bicyclic) bond motifs is 1. The Bertz CT molecular complexity index is 1230. The lowest BCUT2D eigenvalue weighted by atomic mass is 9.96. The molecule has 0 fully saturated rings. The molecule has 0 aliphatic rings. The molecular formula is C19H13F7N4O3. The molecule has 0 atom stereocenters. The third-order valence-electron chi connectivity index (χ3n) is 4.11. The summed E-state index contributed by atoms with van der Waals surface area (Å²) in [5.41, 5.74) is 7.68. The van der Waals surface area contributed by atoms with Gasteiger partial charge in [0.15, 0.2) is 0 Å². The van der Waals surface area contributed by atoms with Gasteiger partial charge in [0.05, 0.1) is 22.9 Å². The second-order valence-corrected chi connectivity index (χ2v) is 6.32. The first kappa shape index (κ1) is 25.4. The number of hydrogen-bond acceptors (Lipinski definition) is 5. The summed E-state index contributed by atoms with van der Waals surface area (Å²) in [6.07, 6.45) is -8.53. The molecular weight excluding hydrogens is 465 g/mol. The number of aryl methyl sites for hydroxylation is 1. The van der Waals surface area contributed by atoms with Crippen molar-refractivity contribution >= 4 is 17.0 Å². The third kappa shape index (κ3) is 5.89. The lowest BCUT2D eigenvalue weighted by molar-refractivity contribution is -0.274. The molecule has 0 bridgehead atoms. The van der Waals surface area contributed by atoms with Gasteiger partial charge in [0.2, 0.25) is 0 Å². The van der Waals surface area contributed by atoms with E-state index in [-0.39, 0.29) is 12.1 Å². The molecule has 0 aliphatic heterocycles. The van der Waals surface area contributed by atoms with Crippen molar-refractivity contribution in [3.63, 3.8) is 0 Å². The summed E-state index contributed by atoms with van der Waals surface area (Å²) in [4.78, 5) is 13.1. The Morgan fingerprint density at radius 3 is 2.27 bits per heavy atom. The first-order chi connectivity index (χ1) is 15.2. The van der Waals surface area contributed by atoms with E-state index in [4.69, 9.17) is 15.6 Å². The van der Waals surface area contributed by atoms with E-state index in [1.807, 2.05) is 0 Å². The van der Waals surface area contributed by atoms with Gasteiger partial charge in [-0.1, -0.05) is 0 Å². The number of aliphatic carboxylic acids is 1. The number of carboxylic acids is 1. The Morgan fingerprint density at radius 1 is 1.21 bits per heavy atom. The molecule has 14 heteroatoms. The number of rotatable bonds is 3. The summed E-state index contributed by atoms with van der Waals surface area (Å²) in [7, 11) is 1.68. The molecule has 0 unspecified atom stereocenters. The SMILES string of the molecule is Cn1cnc2c(-c3ccc(OC(F)(F)F)cc3F)cc(CN)c(C#N)c21.O=C(O)C(F)(F)F. The van der Waals surface area contributed by atoms with Crippen LogP contribution in [-0.2, 0) is 18.4 Å². The van der Waals surface area contributed by atoms with Gasteiger partial charge >= 0.3 is 18.5 Å². The average molecular weight is 478 g/mol. The number of alkyl halides is 6. The van der Waals surface area contributed by atoms with Crippen molar-refractivity contribution in [3.8, 4) is 22.9 Å². The zero-order chi connectivity index (χ0) is 25.1. The van der Waals surface area contributed by atoms with Crippen LogP contribution in [0.1, 0.15) is 11.1 Å². The number of carboxylic acid groups (broad SMARTS) is 1. The average Bonchev–Trinajstić information content (AvgIpc) is 3.07. The number of nitrogens with zero attached hydrogens (tertiary/aromatic N) is 3. The van der Waals surface area contributed by atoms with Crippen LogP contribution in [0.3, 0.4) is 0 Å². The van der Waals surface area contributed by atoms with Gasteiger partial charge in [-0.05, 0) is 23.8 Å². The minimum atomic E-state index is -5.08. The quantitative estimate of drug-likeness (QED) is 0.545. The number of carbonyl (C=O) groups is 1. The van der Waals surface area contributed by atoms with Gasteiger partial charge in [-0.2, -0.15) is 18.4 Å². The molecule has 0 amide bonds. The number of imidazole rings is 1. The highest BCUT2D eigenvalue weighted by Gasteiger charge is 2.38. The van der Waals surface area contributed by atoms with E-state index in [1.165, 1.54) is 18.5 Å². The lowest BCUT2D eigenvalue weighted by Crippen LogP contribution is -2.21. The first-order valence-electron chi connectivity index (χ1n) is 8.62. The Hall–Kier alpha value is -3.86. The molecule has 3 N–H and O–H groups in total. The molecule has 0 spiro atoms. The normalized spacial score (nSPS) is 11.5. The Balaban J connectivity index is 0.000000479. The molecule has 0 aliphatic carbocycles. The highest BCUT2D eigenvalue weighted by Crippen LogP contribution is 2.35. The van der Waals surface area contributed by atoms with Gasteiger partial charge in [0.1, 0.15) is 17.6 Å². The van der Waals surface area contributed by atoms with E-state index in [2.05, 4.69) is 15.8 Å². The van der Waals surface area contributed by atoms with Gasteiger partial charge in [-0.15, -0.1) is 13.2 Å². The third-order valence-corrected chi connectivity index (χ3v) is 4.11. The van der Waals surface area contributed by atoms with Gasteiger partial charge in [0.25, 0.3) is 0 Å². The molecule has 1 aromatic heterocycles. The van der Waals surface area contributed by atoms with Crippen molar-refractivity contribution < 1.29 is 45.4 Å². The summed E-state index contributed by atoms with van der Waals surface area (Å²) in [6.45, 7) is 0.0356. The van der Waals surface area contributed by atoms with Gasteiger partial charge in [-0.3, -0.25) is 0 Å². The summed E-state index contributed by atoms with van der Waals surface area (Å²) in [5, 5.41) is 16.5. The second kappa shape index (κ2) is 9.33. The molecule has 0 radical (unpaired) electrons. The zero-order valence-electron chi connectivity index (χ0n) is 16.4. The smallest absolute Gasteiger partial charge is 0.475 e. The fraction of sp³-hybridized carbons (Fsp3) is 0.211. The van der Waals surface area contributed by atoms with E-state index in [1.54, 1.807) is 11.6 Å². The van der Waals surface area contributed by atoms with Crippen LogP contribution >= 0.6 is 0 Å². The van der Waals surface area contributed by atoms with Crippen LogP contribution in [0.4, 0.5) is 30.7 Å². The molecule has 2 aromatic carbocycles. The maximum Gasteiger partial charge on any atom is 0.573 e. The minimum absolute atomic E-state index is 0.0300. The van der Waals surface area contributed by atoms with Crippen LogP contribution in [0, 0.1) is 17.1 Å². The van der Waals surface area contributed by atoms with Crippen molar-refractivity contribution in [3.05, 3.63) is 47.5 Å². The van der Waals surface area contributed by atoms with Gasteiger partial charge < -0.3 is 20.1 Å². The van der Waals surface area contributed by atoms with Crippen molar-refractivity contribution in [1.82, 2.24) is 9.55 Å². The maximum atomic E-state index is 14.5. The predicted molar refractivity (Wildman–Crippen MR) is 99.1 cm³/mol. The summed E-state index contributed by atoms with van der Waals surface area (Å²) in [6, 6.07) is 6.43.